The van der Waals surface area contributed by atoms with E-state index in [1.807, 2.05) is 30.4 Å². The molecular formula is C65H98O12. The van der Waals surface area contributed by atoms with Crippen molar-refractivity contribution in [2.75, 3.05) is 13.2 Å². The lowest BCUT2D eigenvalue weighted by Crippen LogP contribution is -2.61. The highest BCUT2D eigenvalue weighted by molar-refractivity contribution is 5.74. The van der Waals surface area contributed by atoms with Gasteiger partial charge < -0.3 is 39.0 Å². The Morgan fingerprint density at radius 3 is 1.35 bits per heavy atom. The van der Waals surface area contributed by atoms with Crippen molar-refractivity contribution in [1.29, 1.82) is 0 Å². The quantitative estimate of drug-likeness (QED) is 0.0228. The topological polar surface area (TPSA) is 175 Å². The van der Waals surface area contributed by atoms with E-state index >= 15 is 0 Å². The molecule has 1 heterocycles. The highest BCUT2D eigenvalue weighted by Crippen LogP contribution is 2.26. The van der Waals surface area contributed by atoms with E-state index in [1.165, 1.54) is 19.3 Å². The van der Waals surface area contributed by atoms with Gasteiger partial charge in [0.2, 0.25) is 0 Å². The molecule has 0 aromatic heterocycles. The highest BCUT2D eigenvalue weighted by atomic mass is 16.7. The van der Waals surface area contributed by atoms with Crippen LogP contribution in [0.25, 0.3) is 0 Å². The normalized spacial score (nSPS) is 19.1. The minimum atomic E-state index is -1.94. The van der Waals surface area contributed by atoms with Crippen molar-refractivity contribution in [3.05, 3.63) is 146 Å². The zero-order valence-corrected chi connectivity index (χ0v) is 47.1. The maximum Gasteiger partial charge on any atom is 0.335 e. The van der Waals surface area contributed by atoms with Crippen LogP contribution in [0.4, 0.5) is 0 Å². The van der Waals surface area contributed by atoms with Crippen LogP contribution in [0, 0.1) is 0 Å². The summed E-state index contributed by atoms with van der Waals surface area (Å²) in [6, 6.07) is 0. The number of unbranched alkanes of at least 4 members (excludes halogenated alkanes) is 9. The Labute approximate surface area is 463 Å². The van der Waals surface area contributed by atoms with Gasteiger partial charge in [0, 0.05) is 12.8 Å². The first-order valence-electron chi connectivity index (χ1n) is 28.8. The van der Waals surface area contributed by atoms with Crippen molar-refractivity contribution in [3.8, 4) is 0 Å². The molecule has 12 heteroatoms. The number of hydrogen-bond donors (Lipinski definition) is 3. The maximum atomic E-state index is 13.1. The molecule has 0 bridgehead atoms. The number of carboxylic acid groups (broad SMARTS) is 1. The van der Waals surface area contributed by atoms with Gasteiger partial charge in [-0.05, 0) is 116 Å². The third kappa shape index (κ3) is 41.4. The van der Waals surface area contributed by atoms with E-state index in [4.69, 9.17) is 23.7 Å². The Kier molecular flexibility index (Phi) is 46.4. The van der Waals surface area contributed by atoms with Gasteiger partial charge in [0.25, 0.3) is 0 Å². The molecule has 0 aliphatic carbocycles. The molecular weight excluding hydrogens is 973 g/mol. The Morgan fingerprint density at radius 1 is 0.455 bits per heavy atom. The largest absolute Gasteiger partial charge is 0.479 e. The van der Waals surface area contributed by atoms with Crippen LogP contribution in [0.3, 0.4) is 0 Å². The second-order valence-corrected chi connectivity index (χ2v) is 18.8. The molecule has 0 amide bonds. The van der Waals surface area contributed by atoms with Crippen LogP contribution in [0.5, 0.6) is 0 Å². The van der Waals surface area contributed by atoms with Crippen LogP contribution < -0.4 is 0 Å². The fraction of sp³-hybridized carbons (Fsp3) is 0.569. The van der Waals surface area contributed by atoms with Crippen molar-refractivity contribution in [2.45, 2.75) is 225 Å². The summed E-state index contributed by atoms with van der Waals surface area (Å²) in [7, 11) is 0. The fourth-order valence-corrected chi connectivity index (χ4v) is 7.57. The van der Waals surface area contributed by atoms with Gasteiger partial charge in [0.15, 0.2) is 24.6 Å². The van der Waals surface area contributed by atoms with Gasteiger partial charge in [0.05, 0.1) is 13.0 Å². The zero-order chi connectivity index (χ0) is 56.1. The summed E-state index contributed by atoms with van der Waals surface area (Å²) in [6.07, 6.45) is 61.4. The molecule has 0 radical (unpaired) electrons. The first-order valence-corrected chi connectivity index (χ1v) is 28.8. The molecule has 1 rings (SSSR count). The van der Waals surface area contributed by atoms with Gasteiger partial charge >= 0.3 is 23.9 Å². The lowest BCUT2D eigenvalue weighted by molar-refractivity contribution is -0.301. The average molecular weight is 1070 g/mol. The zero-order valence-electron chi connectivity index (χ0n) is 47.1. The second-order valence-electron chi connectivity index (χ2n) is 18.8. The van der Waals surface area contributed by atoms with Crippen molar-refractivity contribution >= 4 is 23.9 Å². The Balaban J connectivity index is 2.82. The van der Waals surface area contributed by atoms with Gasteiger partial charge in [-0.1, -0.05) is 199 Å². The number of esters is 3. The van der Waals surface area contributed by atoms with Crippen LogP contribution in [0.2, 0.25) is 0 Å². The van der Waals surface area contributed by atoms with Crippen molar-refractivity contribution in [1.82, 2.24) is 0 Å². The van der Waals surface area contributed by atoms with E-state index in [9.17, 15) is 34.5 Å². The average Bonchev–Trinajstić information content (AvgIpc) is 3.42. The van der Waals surface area contributed by atoms with Crippen LogP contribution >= 0.6 is 0 Å². The molecule has 0 aromatic carbocycles. The second kappa shape index (κ2) is 51.4. The number of rotatable bonds is 46. The van der Waals surface area contributed by atoms with Gasteiger partial charge in [-0.15, -0.1) is 0 Å². The summed E-state index contributed by atoms with van der Waals surface area (Å²) < 4.78 is 28.2. The van der Waals surface area contributed by atoms with Crippen LogP contribution in [-0.4, -0.2) is 89.2 Å². The van der Waals surface area contributed by atoms with Gasteiger partial charge in [-0.25, -0.2) is 4.79 Å². The van der Waals surface area contributed by atoms with Crippen LogP contribution in [0.15, 0.2) is 146 Å². The van der Waals surface area contributed by atoms with Crippen LogP contribution in [0.1, 0.15) is 188 Å². The number of aliphatic hydroxyl groups excluding tert-OH is 2. The van der Waals surface area contributed by atoms with E-state index in [-0.39, 0.29) is 19.3 Å². The summed E-state index contributed by atoms with van der Waals surface area (Å²) >= 11 is 0. The molecule has 6 atom stereocenters. The number of aliphatic carboxylic acids is 1. The Morgan fingerprint density at radius 2 is 0.870 bits per heavy atom. The minimum Gasteiger partial charge on any atom is -0.479 e. The number of allylic oxidation sites excluding steroid dienone is 23. The van der Waals surface area contributed by atoms with Crippen LogP contribution in [-0.2, 0) is 42.9 Å². The third-order valence-corrected chi connectivity index (χ3v) is 11.9. The molecule has 0 saturated carbocycles. The smallest absolute Gasteiger partial charge is 0.335 e. The molecule has 6 unspecified atom stereocenters. The number of ether oxygens (including phenoxy) is 5. The SMILES string of the molecule is CC/C=C\C/C=C\C/C=C\C/C=C\C/C=C\CCCC(=O)OCC(COC1OC(C(=O)O)C(O)C(O)C1OC(=O)CCCCCCC/C=C\C/C=C\CCCCC)OC(=O)C/C=C\C/C=C\C/C=C\C/C=C\C/C=C\CC. The molecule has 1 fully saturated rings. The first kappa shape index (κ1) is 69.6. The predicted molar refractivity (Wildman–Crippen MR) is 312 cm³/mol. The van der Waals surface area contributed by atoms with Crippen molar-refractivity contribution < 1.29 is 58.2 Å². The number of carboxylic acids is 1. The molecule has 1 aliphatic rings. The summed E-state index contributed by atoms with van der Waals surface area (Å²) in [5.41, 5.74) is 0. The predicted octanol–water partition coefficient (Wildman–Crippen LogP) is 14.8. The lowest BCUT2D eigenvalue weighted by atomic mass is 9.98. The van der Waals surface area contributed by atoms with E-state index in [2.05, 4.69) is 130 Å². The van der Waals surface area contributed by atoms with E-state index in [0.29, 0.717) is 25.7 Å². The summed E-state index contributed by atoms with van der Waals surface area (Å²) in [4.78, 5) is 51.0. The molecule has 0 aromatic rings. The van der Waals surface area contributed by atoms with E-state index in [1.54, 1.807) is 6.08 Å². The number of carbonyl (C=O) groups excluding carboxylic acids is 3. The third-order valence-electron chi connectivity index (χ3n) is 11.9. The molecule has 1 aliphatic heterocycles. The highest BCUT2D eigenvalue weighted by Gasteiger charge is 2.50. The fourth-order valence-electron chi connectivity index (χ4n) is 7.57. The number of carbonyl (C=O) groups is 4. The van der Waals surface area contributed by atoms with E-state index in [0.717, 1.165) is 103 Å². The summed E-state index contributed by atoms with van der Waals surface area (Å²) in [5.74, 6) is -3.41. The van der Waals surface area contributed by atoms with E-state index < -0.39 is 73.9 Å². The summed E-state index contributed by atoms with van der Waals surface area (Å²) in [6.45, 7) is 5.57. The Bertz CT molecular complexity index is 1890. The number of aliphatic hydroxyl groups is 2. The molecule has 1 saturated heterocycles. The Hall–Kier alpha value is -5.40. The molecule has 12 nitrogen and oxygen atoms in total. The molecule has 430 valence electrons. The van der Waals surface area contributed by atoms with Crippen molar-refractivity contribution in [2.24, 2.45) is 0 Å². The minimum absolute atomic E-state index is 0.0198. The van der Waals surface area contributed by atoms with Gasteiger partial charge in [0.1, 0.15) is 18.8 Å². The molecule has 77 heavy (non-hydrogen) atoms. The standard InChI is InChI=1S/C65H98O12/c1-4-7-10-13-16-19-22-25-28-29-32-33-36-39-42-45-48-51-57(66)73-54-56(75-58(67)52-49-46-43-40-37-34-30-26-23-20-17-14-11-8-5-2)55-74-65-63(61(70)60(69)62(77-65)64(71)72)76-59(68)53-50-47-44-41-38-35-31-27-24-21-18-15-12-9-6-3/h7-8,10-11,16-21,25-28,30-33,37,39-40,42,46,49,56,60-63,65,69-70H,4-6,9,12-15,22-24,29,34-36,38,41,43-45,47-48,50-55H2,1-3H3,(H,71,72)/b10-7-,11-8-,19-16-,20-17-,21-18-,28-25-,30-26-,31-27-,33-32-,40-37-,42-39-,49-46-. The molecule has 3 N–H and O–H groups in total. The number of hydrogen-bond acceptors (Lipinski definition) is 11. The van der Waals surface area contributed by atoms with Crippen molar-refractivity contribution in [3.63, 3.8) is 0 Å². The summed E-state index contributed by atoms with van der Waals surface area (Å²) in [5, 5.41) is 31.5. The molecule has 0 spiro atoms. The first-order chi connectivity index (χ1) is 37.6. The maximum absolute atomic E-state index is 13.1. The monoisotopic (exact) mass is 1070 g/mol. The lowest BCUT2D eigenvalue weighted by Gasteiger charge is -2.40. The van der Waals surface area contributed by atoms with Gasteiger partial charge in [-0.3, -0.25) is 14.4 Å². The van der Waals surface area contributed by atoms with Gasteiger partial charge in [-0.2, -0.15) is 0 Å².